The predicted octanol–water partition coefficient (Wildman–Crippen LogP) is 1.14. The van der Waals surface area contributed by atoms with Gasteiger partial charge in [0.1, 0.15) is 5.75 Å². The van der Waals surface area contributed by atoms with Crippen molar-refractivity contribution in [2.45, 2.75) is 12.5 Å². The maximum Gasteiger partial charge on any atom is 0.222 e. The Morgan fingerprint density at radius 1 is 1.26 bits per heavy atom. The maximum absolute atomic E-state index is 11.7. The number of amides is 1. The van der Waals surface area contributed by atoms with Gasteiger partial charge in [-0.3, -0.25) is 4.79 Å². The number of hydrogen-bond donors (Lipinski definition) is 3. The summed E-state index contributed by atoms with van der Waals surface area (Å²) in [5, 5.41) is 15.7. The van der Waals surface area contributed by atoms with E-state index in [9.17, 15) is 9.90 Å². The predicted molar refractivity (Wildman–Crippen MR) is 86.1 cm³/mol. The lowest BCUT2D eigenvalue weighted by Crippen LogP contribution is -2.29. The van der Waals surface area contributed by atoms with E-state index in [0.29, 0.717) is 12.5 Å². The Bertz CT molecular complexity index is 604. The summed E-state index contributed by atoms with van der Waals surface area (Å²) in [5.74, 6) is 1.05. The average Bonchev–Trinajstić information content (AvgIpc) is 2.60. The molecule has 0 radical (unpaired) electrons. The van der Waals surface area contributed by atoms with Gasteiger partial charge in [0.05, 0.1) is 13.2 Å². The van der Waals surface area contributed by atoms with Crippen molar-refractivity contribution in [1.82, 2.24) is 15.3 Å². The van der Waals surface area contributed by atoms with Gasteiger partial charge >= 0.3 is 0 Å². The van der Waals surface area contributed by atoms with Crippen molar-refractivity contribution in [2.75, 3.05) is 25.5 Å². The molecule has 0 spiro atoms. The topological polar surface area (TPSA) is 96.4 Å². The Morgan fingerprint density at radius 3 is 2.61 bits per heavy atom. The number of rotatable bonds is 8. The second-order valence-electron chi connectivity index (χ2n) is 4.84. The largest absolute Gasteiger partial charge is 0.497 e. The first kappa shape index (κ1) is 16.7. The van der Waals surface area contributed by atoms with Crippen LogP contribution in [0.3, 0.4) is 0 Å². The van der Waals surface area contributed by atoms with E-state index < -0.39 is 6.10 Å². The van der Waals surface area contributed by atoms with E-state index >= 15 is 0 Å². The molecule has 0 unspecified atom stereocenters. The number of carbonyl (C=O) groups is 1. The van der Waals surface area contributed by atoms with Gasteiger partial charge in [-0.2, -0.15) is 0 Å². The molecule has 0 aliphatic carbocycles. The molecule has 122 valence electrons. The van der Waals surface area contributed by atoms with E-state index in [2.05, 4.69) is 20.6 Å². The first-order chi connectivity index (χ1) is 11.2. The zero-order valence-electron chi connectivity index (χ0n) is 12.9. The summed E-state index contributed by atoms with van der Waals surface area (Å²) in [7, 11) is 1.58. The lowest BCUT2D eigenvalue weighted by atomic mass is 10.1. The van der Waals surface area contributed by atoms with Crippen LogP contribution in [0.2, 0.25) is 0 Å². The van der Waals surface area contributed by atoms with E-state index in [4.69, 9.17) is 4.74 Å². The van der Waals surface area contributed by atoms with Crippen molar-refractivity contribution < 1.29 is 14.6 Å². The average molecular weight is 316 g/mol. The molecular formula is C16H20N4O3. The molecule has 0 bridgehead atoms. The molecule has 1 aromatic heterocycles. The van der Waals surface area contributed by atoms with Crippen LogP contribution in [0, 0.1) is 0 Å². The quantitative estimate of drug-likeness (QED) is 0.676. The number of ether oxygens (including phenoxy) is 1. The molecule has 1 heterocycles. The molecule has 2 aromatic rings. The number of nitrogens with zero attached hydrogens (tertiary/aromatic N) is 2. The molecule has 0 aliphatic heterocycles. The van der Waals surface area contributed by atoms with E-state index in [-0.39, 0.29) is 18.9 Å². The van der Waals surface area contributed by atoms with Crippen molar-refractivity contribution in [3.05, 3.63) is 48.3 Å². The zero-order chi connectivity index (χ0) is 16.5. The van der Waals surface area contributed by atoms with Crippen molar-refractivity contribution >= 4 is 11.9 Å². The molecule has 7 nitrogen and oxygen atoms in total. The summed E-state index contributed by atoms with van der Waals surface area (Å²) in [4.78, 5) is 19.7. The van der Waals surface area contributed by atoms with Crippen LogP contribution in [0.15, 0.2) is 42.7 Å². The number of anilines is 1. The van der Waals surface area contributed by atoms with Crippen LogP contribution in [0.4, 0.5) is 5.95 Å². The molecule has 7 heteroatoms. The fourth-order valence-electron chi connectivity index (χ4n) is 1.92. The Hall–Kier alpha value is -2.67. The summed E-state index contributed by atoms with van der Waals surface area (Å²) in [6.07, 6.45) is 2.77. The van der Waals surface area contributed by atoms with E-state index in [1.54, 1.807) is 49.8 Å². The van der Waals surface area contributed by atoms with Gasteiger partial charge in [-0.05, 0) is 23.8 Å². The molecule has 3 N–H and O–H groups in total. The molecule has 1 amide bonds. The molecule has 23 heavy (non-hydrogen) atoms. The molecule has 0 fully saturated rings. The molecule has 2 rings (SSSR count). The smallest absolute Gasteiger partial charge is 0.222 e. The molecule has 1 atom stereocenters. The monoisotopic (exact) mass is 316 g/mol. The van der Waals surface area contributed by atoms with Crippen LogP contribution < -0.4 is 15.4 Å². The zero-order valence-corrected chi connectivity index (χ0v) is 12.9. The Labute approximate surface area is 134 Å². The second kappa shape index (κ2) is 8.70. The molecule has 0 saturated heterocycles. The second-order valence-corrected chi connectivity index (χ2v) is 4.84. The van der Waals surface area contributed by atoms with Crippen LogP contribution in [0.5, 0.6) is 5.75 Å². The molecular weight excluding hydrogens is 296 g/mol. The highest BCUT2D eigenvalue weighted by Crippen LogP contribution is 2.16. The van der Waals surface area contributed by atoms with Gasteiger partial charge in [-0.1, -0.05) is 12.1 Å². The van der Waals surface area contributed by atoms with Crippen LogP contribution in [0.25, 0.3) is 0 Å². The highest BCUT2D eigenvalue weighted by atomic mass is 16.5. The van der Waals surface area contributed by atoms with Crippen molar-refractivity contribution in [3.63, 3.8) is 0 Å². The number of aliphatic hydroxyl groups excluding tert-OH is 1. The standard InChI is InChI=1S/C16H20N4O3/c1-23-13-5-3-12(4-6-13)14(21)11-20-15(22)7-10-19-16-17-8-2-9-18-16/h2-6,8-9,14,21H,7,10-11H2,1H3,(H,20,22)(H,17,18,19)/t14-/m1/s1. The highest BCUT2D eigenvalue weighted by Gasteiger charge is 2.09. The summed E-state index contributed by atoms with van der Waals surface area (Å²) < 4.78 is 5.06. The normalized spacial score (nSPS) is 11.6. The van der Waals surface area contributed by atoms with Gasteiger partial charge in [0.15, 0.2) is 0 Å². The first-order valence-electron chi connectivity index (χ1n) is 7.28. The Balaban J connectivity index is 1.68. The van der Waals surface area contributed by atoms with Crippen LogP contribution in [0.1, 0.15) is 18.1 Å². The highest BCUT2D eigenvalue weighted by molar-refractivity contribution is 5.76. The Morgan fingerprint density at radius 2 is 1.96 bits per heavy atom. The van der Waals surface area contributed by atoms with Gasteiger partial charge in [0.25, 0.3) is 0 Å². The van der Waals surface area contributed by atoms with E-state index in [0.717, 1.165) is 11.3 Å². The fourth-order valence-corrected chi connectivity index (χ4v) is 1.92. The third kappa shape index (κ3) is 5.55. The number of aliphatic hydroxyl groups is 1. The third-order valence-corrected chi connectivity index (χ3v) is 3.19. The van der Waals surface area contributed by atoms with Gasteiger partial charge in [0.2, 0.25) is 11.9 Å². The van der Waals surface area contributed by atoms with Crippen molar-refractivity contribution in [2.24, 2.45) is 0 Å². The number of methoxy groups -OCH3 is 1. The molecule has 0 aliphatic rings. The minimum absolute atomic E-state index is 0.152. The SMILES string of the molecule is COc1ccc([C@H](O)CNC(=O)CCNc2ncccn2)cc1. The summed E-state index contributed by atoms with van der Waals surface area (Å²) in [6, 6.07) is 8.79. The number of benzene rings is 1. The first-order valence-corrected chi connectivity index (χ1v) is 7.28. The van der Waals surface area contributed by atoms with Crippen LogP contribution in [-0.2, 0) is 4.79 Å². The van der Waals surface area contributed by atoms with Crippen molar-refractivity contribution in [1.29, 1.82) is 0 Å². The van der Waals surface area contributed by atoms with Gasteiger partial charge in [-0.25, -0.2) is 9.97 Å². The van der Waals surface area contributed by atoms with Crippen LogP contribution >= 0.6 is 0 Å². The van der Waals surface area contributed by atoms with Gasteiger partial charge in [-0.15, -0.1) is 0 Å². The number of hydrogen-bond acceptors (Lipinski definition) is 6. The summed E-state index contributed by atoms with van der Waals surface area (Å²) in [6.45, 7) is 0.585. The number of nitrogens with one attached hydrogen (secondary N) is 2. The number of aromatic nitrogens is 2. The van der Waals surface area contributed by atoms with Gasteiger partial charge < -0.3 is 20.5 Å². The van der Waals surface area contributed by atoms with E-state index in [1.807, 2.05) is 0 Å². The van der Waals surface area contributed by atoms with Crippen LogP contribution in [-0.4, -0.2) is 41.2 Å². The minimum atomic E-state index is -0.754. The van der Waals surface area contributed by atoms with Gasteiger partial charge in [0, 0.05) is 31.9 Å². The lowest BCUT2D eigenvalue weighted by Gasteiger charge is -2.13. The van der Waals surface area contributed by atoms with Crippen molar-refractivity contribution in [3.8, 4) is 5.75 Å². The maximum atomic E-state index is 11.7. The number of carbonyl (C=O) groups excluding carboxylic acids is 1. The fraction of sp³-hybridized carbons (Fsp3) is 0.312. The summed E-state index contributed by atoms with van der Waals surface area (Å²) >= 11 is 0. The van der Waals surface area contributed by atoms with E-state index in [1.165, 1.54) is 0 Å². The molecule has 1 aromatic carbocycles. The lowest BCUT2D eigenvalue weighted by molar-refractivity contribution is -0.121. The summed E-state index contributed by atoms with van der Waals surface area (Å²) in [5.41, 5.74) is 0.724. The Kier molecular flexibility index (Phi) is 6.31. The third-order valence-electron chi connectivity index (χ3n) is 3.19. The minimum Gasteiger partial charge on any atom is -0.497 e. The molecule has 0 saturated carbocycles.